The van der Waals surface area contributed by atoms with Gasteiger partial charge in [-0.3, -0.25) is 9.52 Å². The first-order chi connectivity index (χ1) is 14.9. The molecule has 31 heavy (non-hydrogen) atoms. The van der Waals surface area contributed by atoms with E-state index in [2.05, 4.69) is 15.0 Å². The number of hydrogen-bond donors (Lipinski definition) is 2. The molecule has 0 bridgehead atoms. The van der Waals surface area contributed by atoms with Crippen LogP contribution >= 0.6 is 22.9 Å². The standard InChI is InChI=1S/C22H16ClN3O3S2/c23-17-5-9-19(10-6-17)26-31(28,29)20-11-3-15(4-12-20)21(27)25-18-7-1-16(2-8-18)22-24-13-14-30-22/h1-14,26H,(H,25,27). The maximum Gasteiger partial charge on any atom is 0.261 e. The summed E-state index contributed by atoms with van der Waals surface area (Å²) < 4.78 is 27.6. The Bertz CT molecular complexity index is 1290. The summed E-state index contributed by atoms with van der Waals surface area (Å²) in [5, 5.41) is 6.12. The number of carbonyl (C=O) groups is 1. The molecule has 9 heteroatoms. The van der Waals surface area contributed by atoms with Crippen molar-refractivity contribution in [3.8, 4) is 10.6 Å². The fraction of sp³-hybridized carbons (Fsp3) is 0. The smallest absolute Gasteiger partial charge is 0.261 e. The minimum Gasteiger partial charge on any atom is -0.322 e. The van der Waals surface area contributed by atoms with Crippen molar-refractivity contribution in [2.24, 2.45) is 0 Å². The van der Waals surface area contributed by atoms with Gasteiger partial charge in [-0.05, 0) is 72.8 Å². The van der Waals surface area contributed by atoms with E-state index in [1.807, 2.05) is 17.5 Å². The molecule has 156 valence electrons. The number of carbonyl (C=O) groups excluding carboxylic acids is 1. The SMILES string of the molecule is O=C(Nc1ccc(-c2nccs2)cc1)c1ccc(S(=O)(=O)Nc2ccc(Cl)cc2)cc1. The van der Waals surface area contributed by atoms with Gasteiger partial charge in [-0.15, -0.1) is 11.3 Å². The molecule has 0 fully saturated rings. The maximum atomic E-state index is 12.5. The van der Waals surface area contributed by atoms with Crippen LogP contribution in [0.15, 0.2) is 89.3 Å². The number of aromatic nitrogens is 1. The van der Waals surface area contributed by atoms with Crippen LogP contribution in [-0.4, -0.2) is 19.3 Å². The van der Waals surface area contributed by atoms with Gasteiger partial charge in [-0.2, -0.15) is 0 Å². The Morgan fingerprint density at radius 2 is 1.52 bits per heavy atom. The van der Waals surface area contributed by atoms with Crippen molar-refractivity contribution in [2.75, 3.05) is 10.0 Å². The average Bonchev–Trinajstić information content (AvgIpc) is 3.31. The van der Waals surface area contributed by atoms with Gasteiger partial charge in [0.05, 0.1) is 4.90 Å². The van der Waals surface area contributed by atoms with E-state index in [-0.39, 0.29) is 10.8 Å². The second-order valence-corrected chi connectivity index (χ2v) is 9.52. The lowest BCUT2D eigenvalue weighted by molar-refractivity contribution is 0.102. The summed E-state index contributed by atoms with van der Waals surface area (Å²) in [6.45, 7) is 0. The van der Waals surface area contributed by atoms with E-state index in [1.54, 1.807) is 42.6 Å². The molecule has 0 unspecified atom stereocenters. The monoisotopic (exact) mass is 469 g/mol. The minimum absolute atomic E-state index is 0.0480. The highest BCUT2D eigenvalue weighted by molar-refractivity contribution is 7.92. The first-order valence-electron chi connectivity index (χ1n) is 9.10. The van der Waals surface area contributed by atoms with Gasteiger partial charge >= 0.3 is 0 Å². The number of nitrogens with zero attached hydrogens (tertiary/aromatic N) is 1. The highest BCUT2D eigenvalue weighted by atomic mass is 35.5. The van der Waals surface area contributed by atoms with E-state index in [0.717, 1.165) is 10.6 Å². The third-order valence-corrected chi connectivity index (χ3v) is 6.82. The van der Waals surface area contributed by atoms with Crippen LogP contribution in [0.3, 0.4) is 0 Å². The molecule has 1 aromatic heterocycles. The number of amides is 1. The van der Waals surface area contributed by atoms with Gasteiger partial charge in [-0.25, -0.2) is 13.4 Å². The van der Waals surface area contributed by atoms with E-state index in [4.69, 9.17) is 11.6 Å². The van der Waals surface area contributed by atoms with Crippen molar-refractivity contribution in [1.82, 2.24) is 4.98 Å². The number of nitrogens with one attached hydrogen (secondary N) is 2. The van der Waals surface area contributed by atoms with Crippen LogP contribution in [0.2, 0.25) is 5.02 Å². The maximum absolute atomic E-state index is 12.5. The lowest BCUT2D eigenvalue weighted by atomic mass is 10.2. The number of hydrogen-bond acceptors (Lipinski definition) is 5. The molecule has 1 heterocycles. The van der Waals surface area contributed by atoms with Crippen LogP contribution in [0, 0.1) is 0 Å². The van der Waals surface area contributed by atoms with Gasteiger partial charge in [0.25, 0.3) is 15.9 Å². The van der Waals surface area contributed by atoms with Crippen LogP contribution < -0.4 is 10.0 Å². The summed E-state index contributed by atoms with van der Waals surface area (Å²) >= 11 is 7.36. The Morgan fingerprint density at radius 3 is 2.13 bits per heavy atom. The van der Waals surface area contributed by atoms with Crippen LogP contribution in [0.1, 0.15) is 10.4 Å². The Balaban J connectivity index is 1.43. The Hall–Kier alpha value is -3.20. The number of benzene rings is 3. The lowest BCUT2D eigenvalue weighted by Gasteiger charge is -2.09. The molecular formula is C22H16ClN3O3S2. The predicted molar refractivity (Wildman–Crippen MR) is 124 cm³/mol. The first kappa shape index (κ1) is 21.0. The predicted octanol–water partition coefficient (Wildman–Crippen LogP) is 5.52. The summed E-state index contributed by atoms with van der Waals surface area (Å²) in [6, 6.07) is 19.4. The van der Waals surface area contributed by atoms with Crippen LogP contribution in [0.4, 0.5) is 11.4 Å². The lowest BCUT2D eigenvalue weighted by Crippen LogP contribution is -2.14. The molecule has 0 aliphatic rings. The molecule has 0 saturated carbocycles. The summed E-state index contributed by atoms with van der Waals surface area (Å²) in [4.78, 5) is 16.8. The summed E-state index contributed by atoms with van der Waals surface area (Å²) in [7, 11) is -3.78. The van der Waals surface area contributed by atoms with Crippen LogP contribution in [0.25, 0.3) is 10.6 Å². The number of thiazole rings is 1. The molecule has 0 atom stereocenters. The molecule has 0 spiro atoms. The van der Waals surface area contributed by atoms with E-state index < -0.39 is 10.0 Å². The molecule has 6 nitrogen and oxygen atoms in total. The zero-order valence-corrected chi connectivity index (χ0v) is 18.3. The molecule has 4 rings (SSSR count). The Labute approximate surface area is 188 Å². The van der Waals surface area contributed by atoms with E-state index in [9.17, 15) is 13.2 Å². The van der Waals surface area contributed by atoms with Crippen LogP contribution in [0.5, 0.6) is 0 Å². The van der Waals surface area contributed by atoms with Crippen molar-refractivity contribution >= 4 is 50.2 Å². The molecule has 4 aromatic rings. The van der Waals surface area contributed by atoms with Gasteiger partial charge in [-0.1, -0.05) is 11.6 Å². The fourth-order valence-electron chi connectivity index (χ4n) is 2.78. The second-order valence-electron chi connectivity index (χ2n) is 6.51. The van der Waals surface area contributed by atoms with Crippen molar-refractivity contribution in [3.05, 3.63) is 95.0 Å². The fourth-order valence-corrected chi connectivity index (χ4v) is 4.61. The number of sulfonamides is 1. The number of halogens is 1. The zero-order chi connectivity index (χ0) is 21.8. The second kappa shape index (κ2) is 8.89. The number of anilines is 2. The molecule has 2 N–H and O–H groups in total. The topological polar surface area (TPSA) is 88.2 Å². The van der Waals surface area contributed by atoms with Gasteiger partial charge in [0.1, 0.15) is 5.01 Å². The molecule has 0 radical (unpaired) electrons. The van der Waals surface area contributed by atoms with E-state index in [1.165, 1.54) is 35.6 Å². The van der Waals surface area contributed by atoms with Gasteiger partial charge in [0.15, 0.2) is 0 Å². The van der Waals surface area contributed by atoms with Gasteiger partial charge in [0, 0.05) is 39.1 Å². The van der Waals surface area contributed by atoms with Crippen LogP contribution in [-0.2, 0) is 10.0 Å². The summed E-state index contributed by atoms with van der Waals surface area (Å²) in [6.07, 6.45) is 1.74. The Kier molecular flexibility index (Phi) is 6.03. The van der Waals surface area contributed by atoms with E-state index in [0.29, 0.717) is 22.0 Å². The minimum atomic E-state index is -3.78. The van der Waals surface area contributed by atoms with Gasteiger partial charge in [0.2, 0.25) is 0 Å². The van der Waals surface area contributed by atoms with Crippen molar-refractivity contribution in [2.45, 2.75) is 4.90 Å². The quantitative estimate of drug-likeness (QED) is 0.389. The molecule has 1 amide bonds. The number of rotatable bonds is 6. The molecule has 0 aliphatic heterocycles. The molecule has 0 aliphatic carbocycles. The van der Waals surface area contributed by atoms with Crippen molar-refractivity contribution < 1.29 is 13.2 Å². The average molecular weight is 470 g/mol. The van der Waals surface area contributed by atoms with Crippen molar-refractivity contribution in [1.29, 1.82) is 0 Å². The first-order valence-corrected chi connectivity index (χ1v) is 11.8. The zero-order valence-electron chi connectivity index (χ0n) is 15.9. The largest absolute Gasteiger partial charge is 0.322 e. The molecular weight excluding hydrogens is 454 g/mol. The van der Waals surface area contributed by atoms with Crippen molar-refractivity contribution in [3.63, 3.8) is 0 Å². The highest BCUT2D eigenvalue weighted by Gasteiger charge is 2.15. The third-order valence-electron chi connectivity index (χ3n) is 4.35. The van der Waals surface area contributed by atoms with E-state index >= 15 is 0 Å². The summed E-state index contributed by atoms with van der Waals surface area (Å²) in [5.74, 6) is -0.336. The summed E-state index contributed by atoms with van der Waals surface area (Å²) in [5.41, 5.74) is 2.34. The normalized spacial score (nSPS) is 11.1. The molecule has 0 saturated heterocycles. The van der Waals surface area contributed by atoms with Gasteiger partial charge < -0.3 is 5.32 Å². The molecule has 3 aromatic carbocycles. The highest BCUT2D eigenvalue weighted by Crippen LogP contribution is 2.24. The third kappa shape index (κ3) is 5.11. The Morgan fingerprint density at radius 1 is 0.871 bits per heavy atom.